The third kappa shape index (κ3) is 2.65. The molecule has 0 heterocycles. The molecule has 0 saturated heterocycles. The van der Waals surface area contributed by atoms with Gasteiger partial charge in [-0.2, -0.15) is 0 Å². The van der Waals surface area contributed by atoms with E-state index in [1.165, 1.54) is 50.7 Å². The standard InChI is InChI=1S/C16H20FNO2/c17-12-5-4-6-13(11-12)18-15(19)20-14-7-10-16(14)8-2-1-3-9-16/h4-6,11,14H,1-3,7-10H2,(H,18,19)/t14-/m0/s1. The van der Waals surface area contributed by atoms with Crippen LogP contribution in [-0.2, 0) is 4.74 Å². The van der Waals surface area contributed by atoms with E-state index in [-0.39, 0.29) is 17.3 Å². The van der Waals surface area contributed by atoms with Gasteiger partial charge in [-0.3, -0.25) is 5.32 Å². The number of hydrogen-bond acceptors (Lipinski definition) is 2. The number of rotatable bonds is 2. The Balaban J connectivity index is 1.56. The quantitative estimate of drug-likeness (QED) is 0.865. The van der Waals surface area contributed by atoms with Crippen molar-refractivity contribution in [1.29, 1.82) is 0 Å². The lowest BCUT2D eigenvalue weighted by Crippen LogP contribution is -2.49. The first-order chi connectivity index (χ1) is 9.68. The molecule has 0 bridgehead atoms. The van der Waals surface area contributed by atoms with Gasteiger partial charge < -0.3 is 4.74 Å². The minimum atomic E-state index is -0.467. The molecule has 108 valence electrons. The van der Waals surface area contributed by atoms with E-state index in [4.69, 9.17) is 4.74 Å². The first-order valence-corrected chi connectivity index (χ1v) is 7.41. The van der Waals surface area contributed by atoms with Crippen LogP contribution in [0.25, 0.3) is 0 Å². The number of ether oxygens (including phenoxy) is 1. The number of carbonyl (C=O) groups is 1. The van der Waals surface area contributed by atoms with Crippen molar-refractivity contribution >= 4 is 11.8 Å². The summed E-state index contributed by atoms with van der Waals surface area (Å²) in [5, 5.41) is 2.60. The van der Waals surface area contributed by atoms with Crippen LogP contribution in [0.3, 0.4) is 0 Å². The molecule has 2 aliphatic carbocycles. The SMILES string of the molecule is O=C(Nc1cccc(F)c1)O[C@H]1CCC12CCCCC2. The number of amides is 1. The summed E-state index contributed by atoms with van der Waals surface area (Å²) in [5.41, 5.74) is 0.671. The average molecular weight is 277 g/mol. The van der Waals surface area contributed by atoms with E-state index in [1.807, 2.05) is 0 Å². The highest BCUT2D eigenvalue weighted by atomic mass is 19.1. The van der Waals surface area contributed by atoms with E-state index in [0.717, 1.165) is 6.42 Å². The normalized spacial score (nSPS) is 23.9. The van der Waals surface area contributed by atoms with Gasteiger partial charge in [0, 0.05) is 11.1 Å². The Bertz CT molecular complexity index is 497. The molecule has 0 unspecified atom stereocenters. The smallest absolute Gasteiger partial charge is 0.411 e. The van der Waals surface area contributed by atoms with Crippen molar-refractivity contribution < 1.29 is 13.9 Å². The van der Waals surface area contributed by atoms with Gasteiger partial charge in [0.1, 0.15) is 11.9 Å². The largest absolute Gasteiger partial charge is 0.445 e. The molecular formula is C16H20FNO2. The number of carbonyl (C=O) groups excluding carboxylic acids is 1. The van der Waals surface area contributed by atoms with Gasteiger partial charge in [0.25, 0.3) is 0 Å². The highest BCUT2D eigenvalue weighted by Gasteiger charge is 2.49. The minimum Gasteiger partial charge on any atom is -0.445 e. The van der Waals surface area contributed by atoms with Crippen molar-refractivity contribution in [3.8, 4) is 0 Å². The van der Waals surface area contributed by atoms with Crippen LogP contribution in [0.1, 0.15) is 44.9 Å². The van der Waals surface area contributed by atoms with Crippen molar-refractivity contribution in [1.82, 2.24) is 0 Å². The highest BCUT2D eigenvalue weighted by Crippen LogP contribution is 2.53. The van der Waals surface area contributed by atoms with Crippen LogP contribution in [0.15, 0.2) is 24.3 Å². The van der Waals surface area contributed by atoms with Crippen LogP contribution in [-0.4, -0.2) is 12.2 Å². The van der Waals surface area contributed by atoms with Gasteiger partial charge in [-0.1, -0.05) is 25.3 Å². The number of anilines is 1. The summed E-state index contributed by atoms with van der Waals surface area (Å²) in [6, 6.07) is 5.86. The molecule has 2 saturated carbocycles. The number of halogens is 1. The maximum Gasteiger partial charge on any atom is 0.411 e. The Kier molecular flexibility index (Phi) is 3.64. The van der Waals surface area contributed by atoms with Crippen LogP contribution in [0.2, 0.25) is 0 Å². The molecule has 3 nitrogen and oxygen atoms in total. The van der Waals surface area contributed by atoms with Gasteiger partial charge in [-0.05, 0) is 43.9 Å². The van der Waals surface area contributed by atoms with E-state index in [1.54, 1.807) is 12.1 Å². The summed E-state index contributed by atoms with van der Waals surface area (Å²) >= 11 is 0. The molecule has 1 aromatic carbocycles. The van der Waals surface area contributed by atoms with Crippen molar-refractivity contribution in [3.63, 3.8) is 0 Å². The summed E-state index contributed by atoms with van der Waals surface area (Å²) in [6.07, 6.45) is 7.82. The minimum absolute atomic E-state index is 0.0383. The molecule has 20 heavy (non-hydrogen) atoms. The zero-order valence-corrected chi connectivity index (χ0v) is 11.5. The fraction of sp³-hybridized carbons (Fsp3) is 0.562. The van der Waals surface area contributed by atoms with Gasteiger partial charge in [0.15, 0.2) is 0 Å². The summed E-state index contributed by atoms with van der Waals surface area (Å²) < 4.78 is 18.6. The van der Waals surface area contributed by atoms with Crippen molar-refractivity contribution in [3.05, 3.63) is 30.1 Å². The molecule has 1 spiro atoms. The predicted octanol–water partition coefficient (Wildman–Crippen LogP) is 4.49. The highest BCUT2D eigenvalue weighted by molar-refractivity contribution is 5.84. The van der Waals surface area contributed by atoms with Gasteiger partial charge in [-0.15, -0.1) is 0 Å². The summed E-state index contributed by atoms with van der Waals surface area (Å²) in [4.78, 5) is 11.9. The molecule has 4 heteroatoms. The monoisotopic (exact) mass is 277 g/mol. The topological polar surface area (TPSA) is 38.3 Å². The predicted molar refractivity (Wildman–Crippen MR) is 75.0 cm³/mol. The zero-order chi connectivity index (χ0) is 14.0. The Hall–Kier alpha value is -1.58. The summed E-state index contributed by atoms with van der Waals surface area (Å²) in [5.74, 6) is -0.366. The molecular weight excluding hydrogens is 257 g/mol. The molecule has 0 aromatic heterocycles. The van der Waals surface area contributed by atoms with E-state index in [0.29, 0.717) is 5.69 Å². The first-order valence-electron chi connectivity index (χ1n) is 7.41. The second kappa shape index (κ2) is 5.43. The molecule has 1 amide bonds. The van der Waals surface area contributed by atoms with E-state index < -0.39 is 6.09 Å². The second-order valence-electron chi connectivity index (χ2n) is 5.99. The fourth-order valence-corrected chi connectivity index (χ4v) is 3.52. The fourth-order valence-electron chi connectivity index (χ4n) is 3.52. The molecule has 3 rings (SSSR count). The van der Waals surface area contributed by atoms with Crippen LogP contribution in [0, 0.1) is 11.2 Å². The van der Waals surface area contributed by atoms with E-state index >= 15 is 0 Å². The number of hydrogen-bond donors (Lipinski definition) is 1. The Labute approximate surface area is 118 Å². The number of benzene rings is 1. The zero-order valence-electron chi connectivity index (χ0n) is 11.5. The van der Waals surface area contributed by atoms with Crippen molar-refractivity contribution in [2.75, 3.05) is 5.32 Å². The van der Waals surface area contributed by atoms with Gasteiger partial charge in [0.05, 0.1) is 0 Å². The van der Waals surface area contributed by atoms with Crippen LogP contribution >= 0.6 is 0 Å². The summed E-state index contributed by atoms with van der Waals surface area (Å²) in [7, 11) is 0. The van der Waals surface area contributed by atoms with Crippen molar-refractivity contribution in [2.24, 2.45) is 5.41 Å². The third-order valence-corrected chi connectivity index (χ3v) is 4.76. The van der Waals surface area contributed by atoms with Gasteiger partial charge in [-0.25, -0.2) is 9.18 Å². The Morgan fingerprint density at radius 3 is 2.70 bits per heavy atom. The van der Waals surface area contributed by atoms with E-state index in [9.17, 15) is 9.18 Å². The van der Waals surface area contributed by atoms with Gasteiger partial charge in [0.2, 0.25) is 0 Å². The molecule has 0 aliphatic heterocycles. The molecule has 2 aliphatic rings. The maximum absolute atomic E-state index is 13.1. The third-order valence-electron chi connectivity index (χ3n) is 4.76. The second-order valence-corrected chi connectivity index (χ2v) is 5.99. The Morgan fingerprint density at radius 2 is 2.05 bits per heavy atom. The maximum atomic E-state index is 13.1. The first kappa shape index (κ1) is 13.4. The van der Waals surface area contributed by atoms with Crippen LogP contribution < -0.4 is 5.32 Å². The lowest BCUT2D eigenvalue weighted by atomic mass is 9.58. The lowest BCUT2D eigenvalue weighted by molar-refractivity contribution is -0.0890. The average Bonchev–Trinajstić information content (AvgIpc) is 2.45. The molecule has 1 atom stereocenters. The molecule has 1 N–H and O–H groups in total. The lowest BCUT2D eigenvalue weighted by Gasteiger charge is -2.50. The summed E-state index contributed by atoms with van der Waals surface area (Å²) in [6.45, 7) is 0. The van der Waals surface area contributed by atoms with Crippen molar-refractivity contribution in [2.45, 2.75) is 51.0 Å². The van der Waals surface area contributed by atoms with Crippen LogP contribution in [0.5, 0.6) is 0 Å². The Morgan fingerprint density at radius 1 is 1.25 bits per heavy atom. The molecule has 2 fully saturated rings. The van der Waals surface area contributed by atoms with Gasteiger partial charge >= 0.3 is 6.09 Å². The molecule has 0 radical (unpaired) electrons. The van der Waals surface area contributed by atoms with Crippen LogP contribution in [0.4, 0.5) is 14.9 Å². The molecule has 1 aromatic rings. The number of nitrogens with one attached hydrogen (secondary N) is 1. The van der Waals surface area contributed by atoms with E-state index in [2.05, 4.69) is 5.32 Å².